The van der Waals surface area contributed by atoms with Gasteiger partial charge in [0.15, 0.2) is 9.84 Å². The van der Waals surface area contributed by atoms with Gasteiger partial charge in [0, 0.05) is 4.47 Å². The topological polar surface area (TPSA) is 60.2 Å². The Balaban J connectivity index is 2.19. The van der Waals surface area contributed by atoms with Gasteiger partial charge in [0.25, 0.3) is 0 Å². The fourth-order valence-electron chi connectivity index (χ4n) is 1.81. The minimum Gasteiger partial charge on any atom is -0.398 e. The highest BCUT2D eigenvalue weighted by molar-refractivity contribution is 9.10. The van der Waals surface area contributed by atoms with Crippen molar-refractivity contribution >= 4 is 31.5 Å². The molecule has 0 aliphatic carbocycles. The van der Waals surface area contributed by atoms with Gasteiger partial charge in [-0.2, -0.15) is 0 Å². The van der Waals surface area contributed by atoms with E-state index in [1.54, 1.807) is 18.2 Å². The van der Waals surface area contributed by atoms with Crippen molar-refractivity contribution in [3.8, 4) is 0 Å². The predicted octanol–water partition coefficient (Wildman–Crippen LogP) is 3.05. The third-order valence-corrected chi connectivity index (χ3v) is 5.09. The van der Waals surface area contributed by atoms with Crippen LogP contribution in [0.15, 0.2) is 57.9 Å². The van der Waals surface area contributed by atoms with Gasteiger partial charge < -0.3 is 5.73 Å². The van der Waals surface area contributed by atoms with Crippen LogP contribution in [0.3, 0.4) is 0 Å². The summed E-state index contributed by atoms with van der Waals surface area (Å²) >= 11 is 3.26. The number of rotatable bonds is 4. The van der Waals surface area contributed by atoms with Crippen LogP contribution in [0.5, 0.6) is 0 Å². The van der Waals surface area contributed by atoms with Crippen LogP contribution in [0.25, 0.3) is 0 Å². The summed E-state index contributed by atoms with van der Waals surface area (Å²) in [6, 6.07) is 14.4. The minimum absolute atomic E-state index is 0.0584. The zero-order valence-electron chi connectivity index (χ0n) is 10.2. The average molecular weight is 340 g/mol. The third kappa shape index (κ3) is 3.58. The van der Waals surface area contributed by atoms with E-state index in [0.717, 1.165) is 10.0 Å². The van der Waals surface area contributed by atoms with Gasteiger partial charge in [0.05, 0.1) is 16.3 Å². The Kier molecular flexibility index (Phi) is 4.27. The Hall–Kier alpha value is -1.33. The maximum atomic E-state index is 12.2. The molecule has 0 saturated heterocycles. The smallest absolute Gasteiger partial charge is 0.180 e. The maximum Gasteiger partial charge on any atom is 0.180 e. The summed E-state index contributed by atoms with van der Waals surface area (Å²) in [6.45, 7) is 0. The van der Waals surface area contributed by atoms with Crippen molar-refractivity contribution in [2.45, 2.75) is 11.3 Å². The summed E-state index contributed by atoms with van der Waals surface area (Å²) < 4.78 is 25.3. The molecule has 19 heavy (non-hydrogen) atoms. The highest BCUT2D eigenvalue weighted by Gasteiger charge is 2.17. The first kappa shape index (κ1) is 14.1. The van der Waals surface area contributed by atoms with E-state index >= 15 is 0 Å². The number of benzene rings is 2. The highest BCUT2D eigenvalue weighted by atomic mass is 79.9. The molecule has 0 atom stereocenters. The number of hydrogen-bond acceptors (Lipinski definition) is 3. The van der Waals surface area contributed by atoms with Crippen molar-refractivity contribution in [3.05, 3.63) is 58.6 Å². The van der Waals surface area contributed by atoms with Crippen LogP contribution in [-0.4, -0.2) is 14.2 Å². The predicted molar refractivity (Wildman–Crippen MR) is 80.8 cm³/mol. The minimum atomic E-state index is -3.35. The van der Waals surface area contributed by atoms with Gasteiger partial charge >= 0.3 is 0 Å². The molecule has 0 saturated carbocycles. The van der Waals surface area contributed by atoms with Gasteiger partial charge in [-0.3, -0.25) is 0 Å². The van der Waals surface area contributed by atoms with Crippen LogP contribution in [0.1, 0.15) is 5.56 Å². The van der Waals surface area contributed by atoms with E-state index in [9.17, 15) is 8.42 Å². The van der Waals surface area contributed by atoms with Crippen molar-refractivity contribution in [2.24, 2.45) is 0 Å². The fourth-order valence-corrected chi connectivity index (χ4v) is 3.61. The lowest BCUT2D eigenvalue weighted by molar-refractivity contribution is 0.595. The highest BCUT2D eigenvalue weighted by Crippen LogP contribution is 2.24. The van der Waals surface area contributed by atoms with E-state index in [2.05, 4.69) is 15.9 Å². The van der Waals surface area contributed by atoms with Crippen LogP contribution in [0.2, 0.25) is 0 Å². The van der Waals surface area contributed by atoms with Gasteiger partial charge in [0.2, 0.25) is 0 Å². The Morgan fingerprint density at radius 1 is 1.05 bits per heavy atom. The molecule has 0 spiro atoms. The second-order valence-electron chi connectivity index (χ2n) is 4.24. The first-order valence-corrected chi connectivity index (χ1v) is 8.25. The van der Waals surface area contributed by atoms with Crippen LogP contribution in [-0.2, 0) is 16.3 Å². The van der Waals surface area contributed by atoms with Crippen LogP contribution in [0, 0.1) is 0 Å². The SMILES string of the molecule is Nc1cc(Br)ccc1S(=O)(=O)CCc1ccccc1. The summed E-state index contributed by atoms with van der Waals surface area (Å²) in [5.74, 6) is 0.0584. The van der Waals surface area contributed by atoms with Crippen molar-refractivity contribution in [1.29, 1.82) is 0 Å². The van der Waals surface area contributed by atoms with E-state index in [-0.39, 0.29) is 16.3 Å². The monoisotopic (exact) mass is 339 g/mol. The lowest BCUT2D eigenvalue weighted by Gasteiger charge is -2.08. The number of hydrogen-bond donors (Lipinski definition) is 1. The molecule has 100 valence electrons. The van der Waals surface area contributed by atoms with E-state index < -0.39 is 9.84 Å². The molecule has 0 aliphatic rings. The van der Waals surface area contributed by atoms with Gasteiger partial charge in [-0.05, 0) is 30.2 Å². The van der Waals surface area contributed by atoms with Crippen molar-refractivity contribution < 1.29 is 8.42 Å². The Morgan fingerprint density at radius 3 is 2.37 bits per heavy atom. The molecule has 0 heterocycles. The second-order valence-corrected chi connectivity index (χ2v) is 7.23. The number of aryl methyl sites for hydroxylation is 1. The molecule has 3 nitrogen and oxygen atoms in total. The first-order chi connectivity index (χ1) is 8.99. The molecular weight excluding hydrogens is 326 g/mol. The molecule has 2 aromatic rings. The molecule has 2 N–H and O–H groups in total. The third-order valence-electron chi connectivity index (χ3n) is 2.81. The first-order valence-electron chi connectivity index (χ1n) is 5.81. The molecular formula is C14H14BrNO2S. The van der Waals surface area contributed by atoms with Gasteiger partial charge in [-0.25, -0.2) is 8.42 Å². The molecule has 0 radical (unpaired) electrons. The Labute approximate surface area is 121 Å². The van der Waals surface area contributed by atoms with E-state index in [4.69, 9.17) is 5.73 Å². The van der Waals surface area contributed by atoms with Crippen molar-refractivity contribution in [1.82, 2.24) is 0 Å². The normalized spacial score (nSPS) is 11.4. The van der Waals surface area contributed by atoms with Gasteiger partial charge in [0.1, 0.15) is 0 Å². The zero-order chi connectivity index (χ0) is 13.9. The summed E-state index contributed by atoms with van der Waals surface area (Å²) in [4.78, 5) is 0.201. The lowest BCUT2D eigenvalue weighted by atomic mass is 10.2. The van der Waals surface area contributed by atoms with Crippen molar-refractivity contribution in [2.75, 3.05) is 11.5 Å². The summed E-state index contributed by atoms with van der Waals surface area (Å²) in [5, 5.41) is 0. The molecule has 0 fully saturated rings. The molecule has 0 amide bonds. The standard InChI is InChI=1S/C14H14BrNO2S/c15-12-6-7-14(13(16)10-12)19(17,18)9-8-11-4-2-1-3-5-11/h1-7,10H,8-9,16H2. The summed E-state index contributed by atoms with van der Waals surface area (Å²) in [5.41, 5.74) is 7.05. The van der Waals surface area contributed by atoms with E-state index in [0.29, 0.717) is 6.42 Å². The molecule has 0 bridgehead atoms. The molecule has 2 rings (SSSR count). The lowest BCUT2D eigenvalue weighted by Crippen LogP contribution is -2.11. The largest absolute Gasteiger partial charge is 0.398 e. The van der Waals surface area contributed by atoms with Crippen LogP contribution in [0.4, 0.5) is 5.69 Å². The quantitative estimate of drug-likeness (QED) is 0.871. The van der Waals surface area contributed by atoms with Gasteiger partial charge in [-0.1, -0.05) is 46.3 Å². The average Bonchev–Trinajstić information content (AvgIpc) is 2.37. The molecule has 0 aliphatic heterocycles. The van der Waals surface area contributed by atoms with E-state index in [1.165, 1.54) is 0 Å². The number of anilines is 1. The Bertz CT molecular complexity index is 669. The maximum absolute atomic E-state index is 12.2. The van der Waals surface area contributed by atoms with Gasteiger partial charge in [-0.15, -0.1) is 0 Å². The molecule has 5 heteroatoms. The molecule has 0 aromatic heterocycles. The van der Waals surface area contributed by atoms with Crippen molar-refractivity contribution in [3.63, 3.8) is 0 Å². The summed E-state index contributed by atoms with van der Waals surface area (Å²) in [6.07, 6.45) is 0.485. The van der Waals surface area contributed by atoms with Crippen LogP contribution < -0.4 is 5.73 Å². The number of nitrogen functional groups attached to an aromatic ring is 1. The number of halogens is 1. The summed E-state index contributed by atoms with van der Waals surface area (Å²) in [7, 11) is -3.35. The fraction of sp³-hybridized carbons (Fsp3) is 0.143. The molecule has 2 aromatic carbocycles. The van der Waals surface area contributed by atoms with Crippen LogP contribution >= 0.6 is 15.9 Å². The number of sulfone groups is 1. The van der Waals surface area contributed by atoms with E-state index in [1.807, 2.05) is 30.3 Å². The Morgan fingerprint density at radius 2 is 1.74 bits per heavy atom. The molecule has 0 unspecified atom stereocenters. The zero-order valence-corrected chi connectivity index (χ0v) is 12.6. The second kappa shape index (κ2) is 5.75. The number of nitrogens with two attached hydrogens (primary N) is 1.